The summed E-state index contributed by atoms with van der Waals surface area (Å²) < 4.78 is 10.4. The predicted molar refractivity (Wildman–Crippen MR) is 70.7 cm³/mol. The number of rotatable bonds is 6. The van der Waals surface area contributed by atoms with E-state index in [1.807, 2.05) is 13.8 Å². The molecule has 1 heterocycles. The van der Waals surface area contributed by atoms with Crippen LogP contribution in [0.3, 0.4) is 0 Å². The van der Waals surface area contributed by atoms with E-state index in [1.54, 1.807) is 11.8 Å². The van der Waals surface area contributed by atoms with Crippen LogP contribution in [0.25, 0.3) is 0 Å². The number of hydrogen-bond donors (Lipinski definition) is 1. The van der Waals surface area contributed by atoms with Crippen molar-refractivity contribution in [2.24, 2.45) is 0 Å². The minimum atomic E-state index is -0.240. The Bertz CT molecular complexity index is 299. The number of esters is 1. The SMILES string of the molecule is CCOC(=O)CCNCC(=O)N1CC(C)OC(C)C1. The van der Waals surface area contributed by atoms with Crippen LogP contribution < -0.4 is 5.32 Å². The van der Waals surface area contributed by atoms with E-state index in [2.05, 4.69) is 5.32 Å². The topological polar surface area (TPSA) is 67.9 Å². The summed E-state index contributed by atoms with van der Waals surface area (Å²) in [6, 6.07) is 0. The molecular weight excluding hydrogens is 248 g/mol. The van der Waals surface area contributed by atoms with Crippen LogP contribution in [0.1, 0.15) is 27.2 Å². The highest BCUT2D eigenvalue weighted by molar-refractivity contribution is 5.78. The van der Waals surface area contributed by atoms with Gasteiger partial charge in [0.15, 0.2) is 0 Å². The zero-order chi connectivity index (χ0) is 14.3. The number of hydrogen-bond acceptors (Lipinski definition) is 5. The van der Waals surface area contributed by atoms with Crippen LogP contribution in [0.4, 0.5) is 0 Å². The second-order valence-corrected chi connectivity index (χ2v) is 4.79. The fourth-order valence-corrected chi connectivity index (χ4v) is 2.11. The molecule has 2 atom stereocenters. The lowest BCUT2D eigenvalue weighted by atomic mass is 10.2. The molecule has 110 valence electrons. The molecule has 0 aliphatic carbocycles. The van der Waals surface area contributed by atoms with Crippen LogP contribution in [-0.4, -0.2) is 61.8 Å². The summed E-state index contributed by atoms with van der Waals surface area (Å²) >= 11 is 0. The van der Waals surface area contributed by atoms with E-state index < -0.39 is 0 Å². The number of morpholine rings is 1. The molecule has 1 amide bonds. The van der Waals surface area contributed by atoms with Crippen LogP contribution >= 0.6 is 0 Å². The van der Waals surface area contributed by atoms with Crippen LogP contribution in [-0.2, 0) is 19.1 Å². The molecule has 1 aliphatic heterocycles. The van der Waals surface area contributed by atoms with Gasteiger partial charge in [0.05, 0.1) is 31.8 Å². The molecule has 6 heteroatoms. The molecule has 1 rings (SSSR count). The lowest BCUT2D eigenvalue weighted by Gasteiger charge is -2.35. The second-order valence-electron chi connectivity index (χ2n) is 4.79. The Morgan fingerprint density at radius 2 is 1.95 bits per heavy atom. The maximum Gasteiger partial charge on any atom is 0.307 e. The number of carbonyl (C=O) groups excluding carboxylic acids is 2. The van der Waals surface area contributed by atoms with Crippen LogP contribution in [0.5, 0.6) is 0 Å². The monoisotopic (exact) mass is 272 g/mol. The highest BCUT2D eigenvalue weighted by Crippen LogP contribution is 2.10. The van der Waals surface area contributed by atoms with Crippen molar-refractivity contribution in [2.45, 2.75) is 39.4 Å². The first kappa shape index (κ1) is 15.9. The van der Waals surface area contributed by atoms with Gasteiger partial charge in [0, 0.05) is 19.6 Å². The minimum Gasteiger partial charge on any atom is -0.466 e. The maximum absolute atomic E-state index is 12.0. The van der Waals surface area contributed by atoms with E-state index in [0.717, 1.165) is 0 Å². The number of amides is 1. The molecule has 1 fully saturated rings. The Morgan fingerprint density at radius 1 is 1.32 bits per heavy atom. The number of nitrogens with one attached hydrogen (secondary N) is 1. The highest BCUT2D eigenvalue weighted by atomic mass is 16.5. The molecule has 6 nitrogen and oxygen atoms in total. The summed E-state index contributed by atoms with van der Waals surface area (Å²) in [6.07, 6.45) is 0.441. The van der Waals surface area contributed by atoms with Gasteiger partial charge in [0.1, 0.15) is 0 Å². The van der Waals surface area contributed by atoms with Crippen LogP contribution in [0.15, 0.2) is 0 Å². The summed E-state index contributed by atoms with van der Waals surface area (Å²) in [7, 11) is 0. The highest BCUT2D eigenvalue weighted by Gasteiger charge is 2.25. The molecule has 19 heavy (non-hydrogen) atoms. The van der Waals surface area contributed by atoms with Crippen molar-refractivity contribution in [3.63, 3.8) is 0 Å². The number of nitrogens with zero attached hydrogens (tertiary/aromatic N) is 1. The average molecular weight is 272 g/mol. The maximum atomic E-state index is 12.0. The van der Waals surface area contributed by atoms with Crippen molar-refractivity contribution in [1.82, 2.24) is 10.2 Å². The van der Waals surface area contributed by atoms with Crippen molar-refractivity contribution in [2.75, 3.05) is 32.8 Å². The summed E-state index contributed by atoms with van der Waals surface area (Å²) in [6.45, 7) is 8.05. The zero-order valence-corrected chi connectivity index (χ0v) is 12.0. The Kier molecular flexibility index (Phi) is 6.80. The van der Waals surface area contributed by atoms with Gasteiger partial charge in [-0.1, -0.05) is 0 Å². The third kappa shape index (κ3) is 6.02. The Hall–Kier alpha value is -1.14. The average Bonchev–Trinajstić information content (AvgIpc) is 2.33. The van der Waals surface area contributed by atoms with Gasteiger partial charge in [-0.25, -0.2) is 0 Å². The number of ether oxygens (including phenoxy) is 2. The van der Waals surface area contributed by atoms with Gasteiger partial charge >= 0.3 is 5.97 Å². The Labute approximate surface area is 114 Å². The van der Waals surface area contributed by atoms with Gasteiger partial charge in [-0.3, -0.25) is 9.59 Å². The van der Waals surface area contributed by atoms with Gasteiger partial charge < -0.3 is 19.7 Å². The van der Waals surface area contributed by atoms with Crippen molar-refractivity contribution in [1.29, 1.82) is 0 Å². The third-order valence-electron chi connectivity index (χ3n) is 2.86. The molecule has 1 N–H and O–H groups in total. The van der Waals surface area contributed by atoms with E-state index in [4.69, 9.17) is 9.47 Å². The third-order valence-corrected chi connectivity index (χ3v) is 2.86. The van der Waals surface area contributed by atoms with Crippen LogP contribution in [0.2, 0.25) is 0 Å². The molecule has 0 aromatic carbocycles. The molecule has 1 saturated heterocycles. The van der Waals surface area contributed by atoms with Crippen LogP contribution in [0, 0.1) is 0 Å². The smallest absolute Gasteiger partial charge is 0.307 e. The number of carbonyl (C=O) groups is 2. The summed E-state index contributed by atoms with van der Waals surface area (Å²) in [5.74, 6) is -0.193. The molecule has 0 bridgehead atoms. The molecule has 0 saturated carbocycles. The van der Waals surface area contributed by atoms with Gasteiger partial charge in [-0.15, -0.1) is 0 Å². The van der Waals surface area contributed by atoms with E-state index in [1.165, 1.54) is 0 Å². The molecule has 2 unspecified atom stereocenters. The minimum absolute atomic E-state index is 0.0471. The first-order valence-electron chi connectivity index (χ1n) is 6.82. The predicted octanol–water partition coefficient (Wildman–Crippen LogP) is 0.165. The summed E-state index contributed by atoms with van der Waals surface area (Å²) in [4.78, 5) is 24.9. The molecule has 1 aliphatic rings. The van der Waals surface area contributed by atoms with E-state index in [0.29, 0.717) is 26.2 Å². The van der Waals surface area contributed by atoms with Crippen molar-refractivity contribution >= 4 is 11.9 Å². The Morgan fingerprint density at radius 3 is 2.53 bits per heavy atom. The molecule has 0 radical (unpaired) electrons. The molecule has 0 spiro atoms. The summed E-state index contributed by atoms with van der Waals surface area (Å²) in [5, 5.41) is 2.97. The summed E-state index contributed by atoms with van der Waals surface area (Å²) in [5.41, 5.74) is 0. The molecule has 0 aromatic rings. The quantitative estimate of drug-likeness (QED) is 0.551. The van der Waals surface area contributed by atoms with Crippen molar-refractivity contribution in [3.05, 3.63) is 0 Å². The normalized spacial score (nSPS) is 23.2. The first-order valence-corrected chi connectivity index (χ1v) is 6.82. The lowest BCUT2D eigenvalue weighted by Crippen LogP contribution is -2.50. The standard InChI is InChI=1S/C13H24N2O4/c1-4-18-13(17)5-6-14-7-12(16)15-8-10(2)19-11(3)9-15/h10-11,14H,4-9H2,1-3H3. The van der Waals surface area contributed by atoms with Gasteiger partial charge in [0.25, 0.3) is 0 Å². The Balaban J connectivity index is 2.18. The second kappa shape index (κ2) is 8.12. The zero-order valence-electron chi connectivity index (χ0n) is 12.0. The van der Waals surface area contributed by atoms with Crippen molar-refractivity contribution < 1.29 is 19.1 Å². The van der Waals surface area contributed by atoms with E-state index in [-0.39, 0.29) is 37.0 Å². The van der Waals surface area contributed by atoms with Gasteiger partial charge in [-0.2, -0.15) is 0 Å². The molecular formula is C13H24N2O4. The van der Waals surface area contributed by atoms with Crippen molar-refractivity contribution in [3.8, 4) is 0 Å². The lowest BCUT2D eigenvalue weighted by molar-refractivity contribution is -0.144. The van der Waals surface area contributed by atoms with Gasteiger partial charge in [-0.05, 0) is 20.8 Å². The van der Waals surface area contributed by atoms with E-state index >= 15 is 0 Å². The first-order chi connectivity index (χ1) is 9.02. The fourth-order valence-electron chi connectivity index (χ4n) is 2.11. The van der Waals surface area contributed by atoms with Gasteiger partial charge in [0.2, 0.25) is 5.91 Å². The fraction of sp³-hybridized carbons (Fsp3) is 0.846. The molecule has 0 aromatic heterocycles. The van der Waals surface area contributed by atoms with E-state index in [9.17, 15) is 9.59 Å². The largest absolute Gasteiger partial charge is 0.466 e.